The Morgan fingerprint density at radius 1 is 0.892 bits per heavy atom. The van der Waals surface area contributed by atoms with Crippen molar-refractivity contribution >= 4 is 34.6 Å². The Labute approximate surface area is 212 Å². The molecule has 0 radical (unpaired) electrons. The van der Waals surface area contributed by atoms with Crippen molar-refractivity contribution in [3.8, 4) is 0 Å². The van der Waals surface area contributed by atoms with Crippen LogP contribution in [0.3, 0.4) is 0 Å². The highest BCUT2D eigenvalue weighted by atomic mass is 16.2. The summed E-state index contributed by atoms with van der Waals surface area (Å²) in [5, 5.41) is 8.00. The fourth-order valence-electron chi connectivity index (χ4n) is 5.39. The summed E-state index contributed by atoms with van der Waals surface area (Å²) in [5.41, 5.74) is 3.94. The number of imidazole rings is 1. The summed E-state index contributed by atoms with van der Waals surface area (Å²) in [6.45, 7) is 0.299. The number of rotatable bonds is 5. The summed E-state index contributed by atoms with van der Waals surface area (Å²) in [6.07, 6.45) is 1.49. The zero-order valence-corrected chi connectivity index (χ0v) is 20.0. The van der Waals surface area contributed by atoms with Crippen molar-refractivity contribution < 1.29 is 14.4 Å². The number of para-hydroxylation sites is 2. The molecule has 9 heteroatoms. The molecule has 1 atom stereocenters. The number of urea groups is 1. The van der Waals surface area contributed by atoms with E-state index in [9.17, 15) is 19.2 Å². The van der Waals surface area contributed by atoms with Gasteiger partial charge in [-0.3, -0.25) is 24.0 Å². The molecular formula is C28H25N5O4. The standard InChI is InChI=1S/C28H25N5O4/c34-24(29-21-11-10-20-15-28(13-12-19(20)14-21)25(35)30-26(36)31-28)17-33-23-9-5-4-8-22(23)32(27(33)37)16-18-6-2-1-3-7-18/h1-11,14H,12-13,15-17H2,(H,29,34)(H2,30,31,35,36). The Hall–Kier alpha value is -4.66. The van der Waals surface area contributed by atoms with Gasteiger partial charge in [0.25, 0.3) is 5.91 Å². The largest absolute Gasteiger partial charge is 0.329 e. The molecule has 1 spiro atoms. The van der Waals surface area contributed by atoms with Crippen molar-refractivity contribution in [2.45, 2.75) is 37.9 Å². The van der Waals surface area contributed by atoms with Crippen molar-refractivity contribution in [2.24, 2.45) is 0 Å². The number of aryl methyl sites for hydroxylation is 1. The van der Waals surface area contributed by atoms with Gasteiger partial charge in [0.05, 0.1) is 17.6 Å². The number of aromatic nitrogens is 2. The van der Waals surface area contributed by atoms with E-state index in [0.29, 0.717) is 37.0 Å². The van der Waals surface area contributed by atoms with E-state index in [-0.39, 0.29) is 24.0 Å². The average Bonchev–Trinajstić information content (AvgIpc) is 3.31. The molecule has 4 amide bonds. The second-order valence-corrected chi connectivity index (χ2v) is 9.63. The van der Waals surface area contributed by atoms with Crippen LogP contribution in [0.5, 0.6) is 0 Å². The summed E-state index contributed by atoms with van der Waals surface area (Å²) >= 11 is 0. The summed E-state index contributed by atoms with van der Waals surface area (Å²) < 4.78 is 3.18. The molecule has 1 aliphatic heterocycles. The van der Waals surface area contributed by atoms with Crippen molar-refractivity contribution in [2.75, 3.05) is 5.32 Å². The summed E-state index contributed by atoms with van der Waals surface area (Å²) in [7, 11) is 0. The lowest BCUT2D eigenvalue weighted by molar-refractivity contribution is -0.124. The molecule has 1 fully saturated rings. The topological polar surface area (TPSA) is 114 Å². The van der Waals surface area contributed by atoms with E-state index in [4.69, 9.17) is 0 Å². The van der Waals surface area contributed by atoms with Gasteiger partial charge in [0.2, 0.25) is 5.91 Å². The monoisotopic (exact) mass is 495 g/mol. The van der Waals surface area contributed by atoms with Gasteiger partial charge in [-0.25, -0.2) is 9.59 Å². The Kier molecular flexibility index (Phi) is 5.40. The lowest BCUT2D eigenvalue weighted by Crippen LogP contribution is -2.51. The minimum atomic E-state index is -0.899. The maximum atomic E-state index is 13.3. The van der Waals surface area contributed by atoms with Crippen LogP contribution in [-0.4, -0.2) is 32.5 Å². The molecule has 1 unspecified atom stereocenters. The second kappa shape index (κ2) is 8.77. The first kappa shape index (κ1) is 22.8. The molecule has 2 heterocycles. The first-order chi connectivity index (χ1) is 17.9. The van der Waals surface area contributed by atoms with Gasteiger partial charge in [-0.1, -0.05) is 48.5 Å². The number of benzene rings is 3. The van der Waals surface area contributed by atoms with Gasteiger partial charge in [0.15, 0.2) is 0 Å². The van der Waals surface area contributed by atoms with Gasteiger partial charge in [-0.05, 0) is 53.8 Å². The molecule has 0 saturated carbocycles. The van der Waals surface area contributed by atoms with Crippen LogP contribution in [0.15, 0.2) is 77.6 Å². The highest BCUT2D eigenvalue weighted by Crippen LogP contribution is 2.32. The molecule has 37 heavy (non-hydrogen) atoms. The summed E-state index contributed by atoms with van der Waals surface area (Å²) in [6, 6.07) is 22.3. The molecule has 3 N–H and O–H groups in total. The fraction of sp³-hybridized carbons (Fsp3) is 0.214. The van der Waals surface area contributed by atoms with E-state index in [0.717, 1.165) is 22.2 Å². The molecule has 6 rings (SSSR count). The summed E-state index contributed by atoms with van der Waals surface area (Å²) in [4.78, 5) is 50.3. The molecular weight excluding hydrogens is 470 g/mol. The molecule has 1 aromatic heterocycles. The zero-order valence-electron chi connectivity index (χ0n) is 20.0. The van der Waals surface area contributed by atoms with Crippen LogP contribution in [0.1, 0.15) is 23.1 Å². The van der Waals surface area contributed by atoms with Gasteiger partial charge in [-0.15, -0.1) is 0 Å². The number of imide groups is 1. The molecule has 1 aliphatic carbocycles. The number of anilines is 1. The van der Waals surface area contributed by atoms with Crippen molar-refractivity contribution in [3.05, 3.63) is 100.0 Å². The first-order valence-corrected chi connectivity index (χ1v) is 12.2. The van der Waals surface area contributed by atoms with Crippen LogP contribution in [-0.2, 0) is 35.5 Å². The van der Waals surface area contributed by atoms with E-state index in [2.05, 4.69) is 16.0 Å². The molecule has 1 saturated heterocycles. The fourth-order valence-corrected chi connectivity index (χ4v) is 5.39. The normalized spacial score (nSPS) is 18.5. The highest BCUT2D eigenvalue weighted by Gasteiger charge is 2.47. The summed E-state index contributed by atoms with van der Waals surface area (Å²) in [5.74, 6) is -0.600. The maximum Gasteiger partial charge on any atom is 0.329 e. The first-order valence-electron chi connectivity index (χ1n) is 12.2. The zero-order chi connectivity index (χ0) is 25.6. The van der Waals surface area contributed by atoms with Crippen molar-refractivity contribution in [1.82, 2.24) is 19.8 Å². The number of nitrogens with zero attached hydrogens (tertiary/aromatic N) is 2. The molecule has 186 valence electrons. The van der Waals surface area contributed by atoms with E-state index in [1.54, 1.807) is 10.6 Å². The van der Waals surface area contributed by atoms with Crippen LogP contribution in [0.4, 0.5) is 10.5 Å². The minimum Gasteiger partial charge on any atom is -0.325 e. The van der Waals surface area contributed by atoms with Gasteiger partial charge in [0.1, 0.15) is 12.1 Å². The molecule has 9 nitrogen and oxygen atoms in total. The van der Waals surface area contributed by atoms with Crippen LogP contribution in [0, 0.1) is 0 Å². The molecule has 0 bridgehead atoms. The number of nitrogens with one attached hydrogen (secondary N) is 3. The van der Waals surface area contributed by atoms with Crippen molar-refractivity contribution in [3.63, 3.8) is 0 Å². The molecule has 2 aliphatic rings. The van der Waals surface area contributed by atoms with Gasteiger partial charge in [0, 0.05) is 12.1 Å². The maximum absolute atomic E-state index is 13.3. The lowest BCUT2D eigenvalue weighted by Gasteiger charge is -2.32. The van der Waals surface area contributed by atoms with Crippen LogP contribution in [0.25, 0.3) is 11.0 Å². The number of carbonyl (C=O) groups excluding carboxylic acids is 3. The van der Waals surface area contributed by atoms with Crippen LogP contribution < -0.4 is 21.6 Å². The third kappa shape index (κ3) is 4.08. The van der Waals surface area contributed by atoms with Gasteiger partial charge < -0.3 is 10.6 Å². The quantitative estimate of drug-likeness (QED) is 0.369. The molecule has 4 aromatic rings. The smallest absolute Gasteiger partial charge is 0.325 e. The van der Waals surface area contributed by atoms with Gasteiger partial charge >= 0.3 is 11.7 Å². The number of hydrogen-bond acceptors (Lipinski definition) is 4. The van der Waals surface area contributed by atoms with E-state index in [1.807, 2.05) is 66.7 Å². The average molecular weight is 496 g/mol. The second-order valence-electron chi connectivity index (χ2n) is 9.63. The van der Waals surface area contributed by atoms with E-state index >= 15 is 0 Å². The predicted molar refractivity (Wildman–Crippen MR) is 138 cm³/mol. The third-order valence-corrected chi connectivity index (χ3v) is 7.23. The van der Waals surface area contributed by atoms with E-state index < -0.39 is 11.6 Å². The Morgan fingerprint density at radius 3 is 2.35 bits per heavy atom. The van der Waals surface area contributed by atoms with E-state index in [1.165, 1.54) is 4.57 Å². The number of carbonyl (C=O) groups is 3. The highest BCUT2D eigenvalue weighted by molar-refractivity contribution is 6.07. The Balaban J connectivity index is 1.21. The van der Waals surface area contributed by atoms with Crippen molar-refractivity contribution in [1.29, 1.82) is 0 Å². The third-order valence-electron chi connectivity index (χ3n) is 7.23. The Bertz CT molecular complexity index is 1620. The SMILES string of the molecule is O=C(Cn1c(=O)n(Cc2ccccc2)c2ccccc21)Nc1ccc2c(c1)CCC1(C2)NC(=O)NC1=O. The number of fused-ring (bicyclic) bond motifs is 2. The van der Waals surface area contributed by atoms with Gasteiger partial charge in [-0.2, -0.15) is 0 Å². The predicted octanol–water partition coefficient (Wildman–Crippen LogP) is 2.56. The lowest BCUT2D eigenvalue weighted by atomic mass is 9.78. The molecule has 3 aromatic carbocycles. The Morgan fingerprint density at radius 2 is 1.62 bits per heavy atom. The van der Waals surface area contributed by atoms with Crippen LogP contribution in [0.2, 0.25) is 0 Å². The minimum absolute atomic E-state index is 0.118. The number of amides is 4. The number of hydrogen-bond donors (Lipinski definition) is 3. The van der Waals surface area contributed by atoms with Crippen LogP contribution >= 0.6 is 0 Å².